The van der Waals surface area contributed by atoms with Gasteiger partial charge >= 0.3 is 0 Å². The van der Waals surface area contributed by atoms with Gasteiger partial charge in [0, 0.05) is 50.5 Å². The first-order valence-electron chi connectivity index (χ1n) is 15.2. The molecule has 1 aromatic rings. The lowest BCUT2D eigenvalue weighted by molar-refractivity contribution is 0.112. The van der Waals surface area contributed by atoms with Crippen molar-refractivity contribution >= 4 is 12.0 Å². The number of hydrogen-bond acceptors (Lipinski definition) is 4. The van der Waals surface area contributed by atoms with Gasteiger partial charge < -0.3 is 9.80 Å². The summed E-state index contributed by atoms with van der Waals surface area (Å²) in [5.41, 5.74) is 4.80. The maximum absolute atomic E-state index is 11.5. The van der Waals surface area contributed by atoms with E-state index >= 15 is 0 Å². The Morgan fingerprint density at radius 2 is 1.57 bits per heavy atom. The molecule has 0 radical (unpaired) electrons. The number of allylic oxidation sites excluding steroid dienone is 2. The Morgan fingerprint density at radius 3 is 2.24 bits per heavy atom. The smallest absolute Gasteiger partial charge is 0.150 e. The largest absolute Gasteiger partial charge is 0.370 e. The predicted octanol–water partition coefficient (Wildman–Crippen LogP) is 7.54. The molecule has 0 unspecified atom stereocenters. The van der Waals surface area contributed by atoms with Gasteiger partial charge in [-0.05, 0) is 63.7 Å². The SMILES string of the molecule is CCCCC.CCCCCc1ccc(C=O)cc1N1CC/C=C\C(C)=C/CN(CCN2CCCC2)CC1. The van der Waals surface area contributed by atoms with E-state index in [0.29, 0.717) is 0 Å². The van der Waals surface area contributed by atoms with Gasteiger partial charge in [0.15, 0.2) is 0 Å². The second-order valence-corrected chi connectivity index (χ2v) is 10.8. The van der Waals surface area contributed by atoms with E-state index in [1.165, 1.54) is 87.8 Å². The zero-order chi connectivity index (χ0) is 26.7. The first kappa shape index (κ1) is 31.3. The van der Waals surface area contributed by atoms with Gasteiger partial charge in [-0.25, -0.2) is 0 Å². The number of carbonyl (C=O) groups is 1. The number of anilines is 1. The molecule has 3 rings (SSSR count). The second-order valence-electron chi connectivity index (χ2n) is 10.8. The Bertz CT molecular complexity index is 808. The van der Waals surface area contributed by atoms with Gasteiger partial charge in [0.25, 0.3) is 0 Å². The molecule has 1 fully saturated rings. The van der Waals surface area contributed by atoms with Gasteiger partial charge in [-0.3, -0.25) is 9.69 Å². The Morgan fingerprint density at radius 1 is 0.838 bits per heavy atom. The predicted molar refractivity (Wildman–Crippen MR) is 162 cm³/mol. The molecule has 2 aliphatic heterocycles. The highest BCUT2D eigenvalue weighted by molar-refractivity contribution is 5.78. The van der Waals surface area contributed by atoms with Gasteiger partial charge in [0.1, 0.15) is 6.29 Å². The first-order valence-corrected chi connectivity index (χ1v) is 15.2. The fraction of sp³-hybridized carbons (Fsp3) is 0.667. The number of unbranched alkanes of at least 4 members (excludes halogenated alkanes) is 4. The van der Waals surface area contributed by atoms with Crippen molar-refractivity contribution in [2.45, 2.75) is 91.9 Å². The fourth-order valence-electron chi connectivity index (χ4n) is 5.12. The average Bonchev–Trinajstić information content (AvgIpc) is 3.43. The summed E-state index contributed by atoms with van der Waals surface area (Å²) in [5, 5.41) is 0. The summed E-state index contributed by atoms with van der Waals surface area (Å²) in [4.78, 5) is 19.3. The van der Waals surface area contributed by atoms with Gasteiger partial charge in [0.05, 0.1) is 0 Å². The van der Waals surface area contributed by atoms with Gasteiger partial charge in [-0.1, -0.05) is 88.8 Å². The van der Waals surface area contributed by atoms with Gasteiger partial charge in [0.2, 0.25) is 0 Å². The van der Waals surface area contributed by atoms with E-state index in [0.717, 1.165) is 57.4 Å². The maximum atomic E-state index is 11.5. The number of nitrogens with zero attached hydrogens (tertiary/aromatic N) is 3. The van der Waals surface area contributed by atoms with Crippen molar-refractivity contribution in [2.75, 3.05) is 57.3 Å². The molecular weight excluding hydrogens is 454 g/mol. The Balaban J connectivity index is 0.000000877. The van der Waals surface area contributed by atoms with E-state index in [1.54, 1.807) is 0 Å². The minimum absolute atomic E-state index is 0.785. The lowest BCUT2D eigenvalue weighted by Crippen LogP contribution is -2.40. The van der Waals surface area contributed by atoms with E-state index in [-0.39, 0.29) is 0 Å². The molecule has 2 heterocycles. The molecule has 37 heavy (non-hydrogen) atoms. The molecule has 0 amide bonds. The van der Waals surface area contributed by atoms with Crippen molar-refractivity contribution in [3.63, 3.8) is 0 Å². The fourth-order valence-corrected chi connectivity index (χ4v) is 5.12. The third kappa shape index (κ3) is 12.5. The van der Waals surface area contributed by atoms with E-state index < -0.39 is 0 Å². The summed E-state index contributed by atoms with van der Waals surface area (Å²) < 4.78 is 0. The monoisotopic (exact) mass is 509 g/mol. The molecule has 4 nitrogen and oxygen atoms in total. The molecule has 0 aliphatic carbocycles. The van der Waals surface area contributed by atoms with Crippen LogP contribution in [-0.2, 0) is 6.42 Å². The Kier molecular flexibility index (Phi) is 16.2. The van der Waals surface area contributed by atoms with E-state index in [1.807, 2.05) is 6.07 Å². The summed E-state index contributed by atoms with van der Waals surface area (Å²) in [6.07, 6.45) is 20.5. The number of aldehydes is 1. The van der Waals surface area contributed by atoms with Crippen LogP contribution in [0, 0.1) is 0 Å². The van der Waals surface area contributed by atoms with E-state index in [9.17, 15) is 4.79 Å². The Labute approximate surface area is 228 Å². The zero-order valence-electron chi connectivity index (χ0n) is 24.5. The molecular formula is C33H55N3O. The molecule has 4 heteroatoms. The van der Waals surface area contributed by atoms with Crippen LogP contribution < -0.4 is 4.90 Å². The molecule has 1 saturated heterocycles. The second kappa shape index (κ2) is 19.2. The quantitative estimate of drug-likeness (QED) is 0.227. The Hall–Kier alpha value is -1.91. The third-order valence-electron chi connectivity index (χ3n) is 7.58. The molecule has 0 bridgehead atoms. The van der Waals surface area contributed by atoms with Crippen molar-refractivity contribution in [1.29, 1.82) is 0 Å². The number of aryl methyl sites for hydroxylation is 1. The summed E-state index contributed by atoms with van der Waals surface area (Å²) in [6.45, 7) is 17.8. The van der Waals surface area contributed by atoms with Crippen LogP contribution in [0.15, 0.2) is 42.0 Å². The minimum Gasteiger partial charge on any atom is -0.370 e. The van der Waals surface area contributed by atoms with Crippen LogP contribution in [0.1, 0.15) is 101 Å². The molecule has 0 N–H and O–H groups in total. The first-order chi connectivity index (χ1) is 18.1. The standard InChI is InChI=1S/C28H43N3O.C5H12/c1-3-4-5-11-27-13-12-26(24-32)23-28(27)31-17-7-6-10-25(2)14-18-30(21-22-31)20-19-29-15-8-9-16-29;1-3-5-4-2/h6,10,12-14,23-24H,3-5,7-9,11,15-22H2,1-2H3;3-5H2,1-2H3/b10-6-,25-14-;. The van der Waals surface area contributed by atoms with Crippen molar-refractivity contribution < 1.29 is 4.79 Å². The van der Waals surface area contributed by atoms with Crippen molar-refractivity contribution in [1.82, 2.24) is 9.80 Å². The van der Waals surface area contributed by atoms with E-state index in [4.69, 9.17) is 0 Å². The maximum Gasteiger partial charge on any atom is 0.150 e. The number of rotatable bonds is 11. The van der Waals surface area contributed by atoms with Crippen molar-refractivity contribution in [3.8, 4) is 0 Å². The van der Waals surface area contributed by atoms with Crippen molar-refractivity contribution in [3.05, 3.63) is 53.1 Å². The number of carbonyl (C=O) groups excluding carboxylic acids is 1. The topological polar surface area (TPSA) is 26.8 Å². The van der Waals surface area contributed by atoms with Gasteiger partial charge in [-0.2, -0.15) is 0 Å². The van der Waals surface area contributed by atoms with Crippen LogP contribution in [0.25, 0.3) is 0 Å². The molecule has 1 aromatic carbocycles. The van der Waals surface area contributed by atoms with Crippen LogP contribution in [-0.4, -0.2) is 68.4 Å². The summed E-state index contributed by atoms with van der Waals surface area (Å²) in [6, 6.07) is 6.29. The normalized spacial score (nSPS) is 19.9. The summed E-state index contributed by atoms with van der Waals surface area (Å²) in [7, 11) is 0. The lowest BCUT2D eigenvalue weighted by Gasteiger charge is -2.31. The summed E-state index contributed by atoms with van der Waals surface area (Å²) >= 11 is 0. The van der Waals surface area contributed by atoms with Crippen LogP contribution in [0.2, 0.25) is 0 Å². The van der Waals surface area contributed by atoms with Crippen LogP contribution >= 0.6 is 0 Å². The van der Waals surface area contributed by atoms with Crippen LogP contribution in [0.4, 0.5) is 5.69 Å². The number of hydrogen-bond donors (Lipinski definition) is 0. The molecule has 0 spiro atoms. The highest BCUT2D eigenvalue weighted by Gasteiger charge is 2.16. The third-order valence-corrected chi connectivity index (χ3v) is 7.58. The number of likely N-dealkylation sites (tertiary alicyclic amines) is 1. The molecule has 0 saturated carbocycles. The van der Waals surface area contributed by atoms with Crippen LogP contribution in [0.5, 0.6) is 0 Å². The molecule has 0 aromatic heterocycles. The van der Waals surface area contributed by atoms with E-state index in [2.05, 4.69) is 72.8 Å². The highest BCUT2D eigenvalue weighted by Crippen LogP contribution is 2.25. The highest BCUT2D eigenvalue weighted by atomic mass is 16.1. The average molecular weight is 510 g/mol. The molecule has 2 aliphatic rings. The summed E-state index contributed by atoms with van der Waals surface area (Å²) in [5.74, 6) is 0. The lowest BCUT2D eigenvalue weighted by atomic mass is 10.0. The van der Waals surface area contributed by atoms with Crippen LogP contribution in [0.3, 0.4) is 0 Å². The molecule has 208 valence electrons. The molecule has 0 atom stereocenters. The van der Waals surface area contributed by atoms with Crippen molar-refractivity contribution in [2.24, 2.45) is 0 Å². The zero-order valence-corrected chi connectivity index (χ0v) is 24.5. The minimum atomic E-state index is 0.785. The number of benzene rings is 1. The van der Waals surface area contributed by atoms with Gasteiger partial charge in [-0.15, -0.1) is 0 Å².